The third-order valence-corrected chi connectivity index (χ3v) is 2.58. The summed E-state index contributed by atoms with van der Waals surface area (Å²) in [6.45, 7) is -0.610. The highest BCUT2D eigenvalue weighted by molar-refractivity contribution is 5.94. The second-order valence-corrected chi connectivity index (χ2v) is 4.13. The average molecular weight is 273 g/mol. The number of carbonyl (C=O) groups is 1. The molecule has 0 saturated heterocycles. The first-order valence-corrected chi connectivity index (χ1v) is 6.12. The Balaban J connectivity index is 1.98. The minimum absolute atomic E-state index is 0.517. The molecule has 5 heteroatoms. The Hall–Kier alpha value is -2.37. The Morgan fingerprint density at radius 3 is 2.25 bits per heavy atom. The number of aliphatic hydroxyl groups excluding tert-OH is 2. The fourth-order valence-corrected chi connectivity index (χ4v) is 1.54. The van der Waals surface area contributed by atoms with E-state index in [1.165, 1.54) is 0 Å². The van der Waals surface area contributed by atoms with Crippen LogP contribution in [0, 0.1) is 0 Å². The highest BCUT2D eigenvalue weighted by Gasteiger charge is 2.13. The smallest absolute Gasteiger partial charge is 0.255 e. The predicted octanol–water partition coefficient (Wildman–Crippen LogP) is 1.77. The summed E-state index contributed by atoms with van der Waals surface area (Å²) in [7, 11) is 0. The van der Waals surface area contributed by atoms with Crippen LogP contribution < -0.4 is 10.1 Å². The largest absolute Gasteiger partial charge is 0.457 e. The van der Waals surface area contributed by atoms with E-state index < -0.39 is 18.6 Å². The van der Waals surface area contributed by atoms with E-state index in [1.54, 1.807) is 24.3 Å². The van der Waals surface area contributed by atoms with Crippen molar-refractivity contribution in [3.05, 3.63) is 54.6 Å². The second kappa shape index (κ2) is 6.70. The molecule has 0 aliphatic carbocycles. The van der Waals surface area contributed by atoms with Crippen LogP contribution in [0.3, 0.4) is 0 Å². The van der Waals surface area contributed by atoms with E-state index in [-0.39, 0.29) is 0 Å². The molecule has 0 aliphatic rings. The molecule has 20 heavy (non-hydrogen) atoms. The van der Waals surface area contributed by atoms with Crippen molar-refractivity contribution < 1.29 is 19.7 Å². The fraction of sp³-hybridized carbons (Fsp3) is 0.133. The van der Waals surface area contributed by atoms with Gasteiger partial charge in [0.05, 0.1) is 6.61 Å². The van der Waals surface area contributed by atoms with Crippen LogP contribution in [0.4, 0.5) is 5.69 Å². The molecular weight excluding hydrogens is 258 g/mol. The van der Waals surface area contributed by atoms with Gasteiger partial charge in [-0.25, -0.2) is 0 Å². The van der Waals surface area contributed by atoms with Crippen LogP contribution >= 0.6 is 0 Å². The molecule has 1 amide bonds. The number of benzene rings is 2. The van der Waals surface area contributed by atoms with Gasteiger partial charge in [0, 0.05) is 5.69 Å². The summed E-state index contributed by atoms with van der Waals surface area (Å²) in [5.74, 6) is 0.709. The van der Waals surface area contributed by atoms with Gasteiger partial charge in [-0.05, 0) is 36.4 Å². The highest BCUT2D eigenvalue weighted by atomic mass is 16.5. The SMILES string of the molecule is O=C(Nc1ccc(Oc2ccccc2)cc1)C(O)CO. The number of amides is 1. The van der Waals surface area contributed by atoms with Gasteiger partial charge >= 0.3 is 0 Å². The van der Waals surface area contributed by atoms with Crippen molar-refractivity contribution in [2.75, 3.05) is 11.9 Å². The lowest BCUT2D eigenvalue weighted by atomic mass is 10.2. The normalized spacial score (nSPS) is 11.7. The predicted molar refractivity (Wildman–Crippen MR) is 74.7 cm³/mol. The van der Waals surface area contributed by atoms with Gasteiger partial charge in [-0.2, -0.15) is 0 Å². The molecule has 0 bridgehead atoms. The molecule has 0 fully saturated rings. The molecule has 0 spiro atoms. The minimum atomic E-state index is -1.42. The first-order chi connectivity index (χ1) is 9.69. The number of aliphatic hydroxyl groups is 2. The molecule has 0 heterocycles. The van der Waals surface area contributed by atoms with Gasteiger partial charge in [0.2, 0.25) is 0 Å². The van der Waals surface area contributed by atoms with Crippen molar-refractivity contribution >= 4 is 11.6 Å². The lowest BCUT2D eigenvalue weighted by molar-refractivity contribution is -0.125. The van der Waals surface area contributed by atoms with Crippen molar-refractivity contribution in [1.29, 1.82) is 0 Å². The Morgan fingerprint density at radius 1 is 1.05 bits per heavy atom. The van der Waals surface area contributed by atoms with E-state index >= 15 is 0 Å². The van der Waals surface area contributed by atoms with Gasteiger partial charge in [-0.1, -0.05) is 18.2 Å². The number of nitrogens with one attached hydrogen (secondary N) is 1. The van der Waals surface area contributed by atoms with Gasteiger partial charge in [0.25, 0.3) is 5.91 Å². The lowest BCUT2D eigenvalue weighted by Gasteiger charge is -2.10. The van der Waals surface area contributed by atoms with Crippen LogP contribution in [0.1, 0.15) is 0 Å². The highest BCUT2D eigenvalue weighted by Crippen LogP contribution is 2.22. The van der Waals surface area contributed by atoms with E-state index in [2.05, 4.69) is 5.32 Å². The molecule has 104 valence electrons. The van der Waals surface area contributed by atoms with Crippen LogP contribution in [0.15, 0.2) is 54.6 Å². The number of para-hydroxylation sites is 1. The third-order valence-electron chi connectivity index (χ3n) is 2.58. The Bertz CT molecular complexity index is 554. The summed E-state index contributed by atoms with van der Waals surface area (Å²) >= 11 is 0. The molecule has 1 atom stereocenters. The van der Waals surface area contributed by atoms with Gasteiger partial charge in [-0.3, -0.25) is 4.79 Å². The van der Waals surface area contributed by atoms with Crippen LogP contribution in [0.5, 0.6) is 11.5 Å². The molecule has 3 N–H and O–H groups in total. The topological polar surface area (TPSA) is 78.8 Å². The summed E-state index contributed by atoms with van der Waals surface area (Å²) < 4.78 is 5.60. The number of ether oxygens (including phenoxy) is 1. The number of hydrogen-bond donors (Lipinski definition) is 3. The second-order valence-electron chi connectivity index (χ2n) is 4.13. The first-order valence-electron chi connectivity index (χ1n) is 6.12. The van der Waals surface area contributed by atoms with Gasteiger partial charge in [-0.15, -0.1) is 0 Å². The van der Waals surface area contributed by atoms with Gasteiger partial charge < -0.3 is 20.3 Å². The maximum atomic E-state index is 11.4. The van der Waals surface area contributed by atoms with Gasteiger partial charge in [0.1, 0.15) is 11.5 Å². The maximum Gasteiger partial charge on any atom is 0.255 e. The average Bonchev–Trinajstić information content (AvgIpc) is 2.49. The van der Waals surface area contributed by atoms with Crippen LogP contribution in [0.25, 0.3) is 0 Å². The van der Waals surface area contributed by atoms with E-state index in [4.69, 9.17) is 14.9 Å². The zero-order chi connectivity index (χ0) is 14.4. The summed E-state index contributed by atoms with van der Waals surface area (Å²) in [6, 6.07) is 16.0. The molecule has 1 unspecified atom stereocenters. The molecular formula is C15H15NO4. The number of hydrogen-bond acceptors (Lipinski definition) is 4. The molecule has 2 aromatic rings. The van der Waals surface area contributed by atoms with Crippen molar-refractivity contribution in [2.24, 2.45) is 0 Å². The van der Waals surface area contributed by atoms with E-state index in [1.807, 2.05) is 30.3 Å². The summed E-state index contributed by atoms with van der Waals surface area (Å²) in [6.07, 6.45) is -1.42. The molecule has 2 rings (SSSR count). The summed E-state index contributed by atoms with van der Waals surface area (Å²) in [4.78, 5) is 11.4. The molecule has 0 radical (unpaired) electrons. The fourth-order valence-electron chi connectivity index (χ4n) is 1.54. The van der Waals surface area contributed by atoms with E-state index in [0.29, 0.717) is 11.4 Å². The molecule has 0 saturated carbocycles. The Labute approximate surface area is 116 Å². The number of anilines is 1. The standard InChI is InChI=1S/C15H15NO4/c17-10-14(18)15(19)16-11-6-8-13(9-7-11)20-12-4-2-1-3-5-12/h1-9,14,17-18H,10H2,(H,16,19). The number of carbonyl (C=O) groups excluding carboxylic acids is 1. The maximum absolute atomic E-state index is 11.4. The van der Waals surface area contributed by atoms with Crippen molar-refractivity contribution in [2.45, 2.75) is 6.10 Å². The van der Waals surface area contributed by atoms with E-state index in [0.717, 1.165) is 5.75 Å². The zero-order valence-corrected chi connectivity index (χ0v) is 10.7. The molecule has 0 aliphatic heterocycles. The van der Waals surface area contributed by atoms with Crippen molar-refractivity contribution in [3.63, 3.8) is 0 Å². The minimum Gasteiger partial charge on any atom is -0.457 e. The zero-order valence-electron chi connectivity index (χ0n) is 10.7. The lowest BCUT2D eigenvalue weighted by Crippen LogP contribution is -2.30. The monoisotopic (exact) mass is 273 g/mol. The van der Waals surface area contributed by atoms with Crippen molar-refractivity contribution in [1.82, 2.24) is 0 Å². The summed E-state index contributed by atoms with van der Waals surface area (Å²) in [5.41, 5.74) is 0.517. The molecule has 2 aromatic carbocycles. The first kappa shape index (κ1) is 14.0. The van der Waals surface area contributed by atoms with Crippen LogP contribution in [-0.2, 0) is 4.79 Å². The molecule has 5 nitrogen and oxygen atoms in total. The Kier molecular flexibility index (Phi) is 4.70. The quantitative estimate of drug-likeness (QED) is 0.775. The third kappa shape index (κ3) is 3.81. The van der Waals surface area contributed by atoms with E-state index in [9.17, 15) is 4.79 Å². The Morgan fingerprint density at radius 2 is 1.65 bits per heavy atom. The van der Waals surface area contributed by atoms with Crippen molar-refractivity contribution in [3.8, 4) is 11.5 Å². The van der Waals surface area contributed by atoms with Crippen LogP contribution in [-0.4, -0.2) is 28.8 Å². The number of rotatable bonds is 5. The van der Waals surface area contributed by atoms with Gasteiger partial charge in [0.15, 0.2) is 6.10 Å². The van der Waals surface area contributed by atoms with Crippen LogP contribution in [0.2, 0.25) is 0 Å². The summed E-state index contributed by atoms with van der Waals surface area (Å²) in [5, 5.41) is 20.3. The molecule has 0 aromatic heterocycles.